The number of fused-ring (bicyclic) bond motifs is 1. The highest BCUT2D eigenvalue weighted by molar-refractivity contribution is 5.94. The van der Waals surface area contributed by atoms with Crippen molar-refractivity contribution in [3.8, 4) is 11.5 Å². The average molecular weight is 380 g/mol. The molecule has 0 radical (unpaired) electrons. The molecule has 0 bridgehead atoms. The van der Waals surface area contributed by atoms with Gasteiger partial charge in [0.2, 0.25) is 12.7 Å². The Bertz CT molecular complexity index is 888. The van der Waals surface area contributed by atoms with Gasteiger partial charge in [0.25, 0.3) is 5.91 Å². The molecule has 6 heteroatoms. The molecule has 0 saturated carbocycles. The minimum Gasteiger partial charge on any atom is -0.454 e. The Hall–Kier alpha value is -3.02. The number of carbonyl (C=O) groups is 2. The largest absolute Gasteiger partial charge is 0.454 e. The van der Waals surface area contributed by atoms with Gasteiger partial charge in [0.1, 0.15) is 0 Å². The number of nitrogens with zero attached hydrogens (tertiary/aromatic N) is 1. The minimum atomic E-state index is -0.0597. The van der Waals surface area contributed by atoms with Crippen molar-refractivity contribution in [2.24, 2.45) is 5.92 Å². The van der Waals surface area contributed by atoms with Crippen LogP contribution in [0.3, 0.4) is 0 Å². The number of nitrogens with one attached hydrogen (secondary N) is 1. The molecule has 28 heavy (non-hydrogen) atoms. The Labute approximate surface area is 164 Å². The van der Waals surface area contributed by atoms with Gasteiger partial charge in [-0.05, 0) is 49.6 Å². The number of aryl methyl sites for hydroxylation is 1. The predicted octanol–water partition coefficient (Wildman–Crippen LogP) is 2.89. The van der Waals surface area contributed by atoms with Gasteiger partial charge in [0, 0.05) is 31.1 Å². The Balaban J connectivity index is 1.27. The van der Waals surface area contributed by atoms with E-state index in [1.54, 1.807) is 0 Å². The van der Waals surface area contributed by atoms with Crippen molar-refractivity contribution >= 4 is 11.8 Å². The van der Waals surface area contributed by atoms with Crippen LogP contribution in [-0.2, 0) is 11.3 Å². The lowest BCUT2D eigenvalue weighted by atomic mass is 9.95. The smallest absolute Gasteiger partial charge is 0.253 e. The van der Waals surface area contributed by atoms with Crippen molar-refractivity contribution in [1.29, 1.82) is 0 Å². The Morgan fingerprint density at radius 2 is 1.86 bits per heavy atom. The Kier molecular flexibility index (Phi) is 5.19. The molecule has 4 rings (SSSR count). The van der Waals surface area contributed by atoms with Crippen LogP contribution in [0.1, 0.15) is 34.3 Å². The lowest BCUT2D eigenvalue weighted by molar-refractivity contribution is -0.126. The third kappa shape index (κ3) is 3.96. The second-order valence-corrected chi connectivity index (χ2v) is 7.34. The fourth-order valence-corrected chi connectivity index (χ4v) is 3.69. The highest BCUT2D eigenvalue weighted by Crippen LogP contribution is 2.32. The third-order valence-corrected chi connectivity index (χ3v) is 5.32. The van der Waals surface area contributed by atoms with Gasteiger partial charge in [-0.25, -0.2) is 0 Å². The van der Waals surface area contributed by atoms with Crippen LogP contribution in [0.15, 0.2) is 42.5 Å². The molecule has 0 atom stereocenters. The van der Waals surface area contributed by atoms with Gasteiger partial charge < -0.3 is 19.7 Å². The molecule has 2 aromatic carbocycles. The summed E-state index contributed by atoms with van der Waals surface area (Å²) in [5, 5.41) is 3.00. The van der Waals surface area contributed by atoms with Crippen LogP contribution in [0.2, 0.25) is 0 Å². The lowest BCUT2D eigenvalue weighted by Crippen LogP contribution is -2.42. The maximum absolute atomic E-state index is 12.6. The number of piperidine rings is 1. The number of rotatable bonds is 4. The molecule has 0 unspecified atom stereocenters. The highest BCUT2D eigenvalue weighted by Gasteiger charge is 2.27. The number of hydrogen-bond donors (Lipinski definition) is 1. The van der Waals surface area contributed by atoms with Gasteiger partial charge in [0.15, 0.2) is 11.5 Å². The highest BCUT2D eigenvalue weighted by atomic mass is 16.7. The minimum absolute atomic E-state index is 0.0420. The fraction of sp³-hybridized carbons (Fsp3) is 0.364. The van der Waals surface area contributed by atoms with E-state index < -0.39 is 0 Å². The van der Waals surface area contributed by atoms with Crippen LogP contribution in [0.4, 0.5) is 0 Å². The molecule has 2 aliphatic heterocycles. The van der Waals surface area contributed by atoms with Crippen molar-refractivity contribution in [2.75, 3.05) is 19.9 Å². The fourth-order valence-electron chi connectivity index (χ4n) is 3.69. The van der Waals surface area contributed by atoms with Crippen molar-refractivity contribution in [3.05, 3.63) is 59.2 Å². The predicted molar refractivity (Wildman–Crippen MR) is 104 cm³/mol. The van der Waals surface area contributed by atoms with Crippen LogP contribution in [-0.4, -0.2) is 36.6 Å². The summed E-state index contributed by atoms with van der Waals surface area (Å²) in [6.07, 6.45) is 1.37. The first-order valence-electron chi connectivity index (χ1n) is 9.62. The number of benzene rings is 2. The van der Waals surface area contributed by atoms with Gasteiger partial charge in [-0.2, -0.15) is 0 Å². The first-order valence-corrected chi connectivity index (χ1v) is 9.62. The van der Waals surface area contributed by atoms with E-state index in [0.29, 0.717) is 38.0 Å². The summed E-state index contributed by atoms with van der Waals surface area (Å²) in [6.45, 7) is 3.89. The maximum atomic E-state index is 12.6. The molecule has 0 spiro atoms. The molecule has 2 heterocycles. The maximum Gasteiger partial charge on any atom is 0.253 e. The Morgan fingerprint density at radius 3 is 2.64 bits per heavy atom. The van der Waals surface area contributed by atoms with Crippen molar-refractivity contribution in [3.63, 3.8) is 0 Å². The summed E-state index contributed by atoms with van der Waals surface area (Å²) in [6, 6.07) is 13.3. The average Bonchev–Trinajstić information content (AvgIpc) is 3.19. The molecule has 1 fully saturated rings. The molecule has 2 aromatic rings. The molecule has 1 saturated heterocycles. The normalized spacial score (nSPS) is 16.1. The topological polar surface area (TPSA) is 67.9 Å². The molecule has 1 N–H and O–H groups in total. The second kappa shape index (κ2) is 7.92. The van der Waals surface area contributed by atoms with Crippen molar-refractivity contribution < 1.29 is 19.1 Å². The van der Waals surface area contributed by atoms with Crippen LogP contribution in [0, 0.1) is 12.8 Å². The SMILES string of the molecule is Cc1cccc(C(=O)N2CCC(C(=O)NCc3ccc4c(c3)OCO4)CC2)c1. The molecular weight excluding hydrogens is 356 g/mol. The van der Waals surface area contributed by atoms with Gasteiger partial charge in [-0.1, -0.05) is 23.8 Å². The van der Waals surface area contributed by atoms with E-state index in [0.717, 1.165) is 22.6 Å². The third-order valence-electron chi connectivity index (χ3n) is 5.32. The molecular formula is C22H24N2O4. The van der Waals surface area contributed by atoms with Gasteiger partial charge in [-0.3, -0.25) is 9.59 Å². The molecule has 2 amide bonds. The van der Waals surface area contributed by atoms with E-state index in [1.165, 1.54) is 0 Å². The summed E-state index contributed by atoms with van der Waals surface area (Å²) < 4.78 is 10.7. The van der Waals surface area contributed by atoms with E-state index >= 15 is 0 Å². The van der Waals surface area contributed by atoms with E-state index in [1.807, 2.05) is 54.3 Å². The number of amides is 2. The van der Waals surface area contributed by atoms with Gasteiger partial charge in [0.05, 0.1) is 0 Å². The summed E-state index contributed by atoms with van der Waals surface area (Å²) in [5.74, 6) is 1.48. The first kappa shape index (κ1) is 18.3. The Morgan fingerprint density at radius 1 is 1.07 bits per heavy atom. The first-order chi connectivity index (χ1) is 13.6. The number of ether oxygens (including phenoxy) is 2. The zero-order valence-corrected chi connectivity index (χ0v) is 15.9. The number of carbonyl (C=O) groups excluding carboxylic acids is 2. The molecule has 0 aliphatic carbocycles. The molecule has 2 aliphatic rings. The monoisotopic (exact) mass is 380 g/mol. The van der Waals surface area contributed by atoms with Crippen molar-refractivity contribution in [2.45, 2.75) is 26.3 Å². The van der Waals surface area contributed by atoms with Crippen LogP contribution < -0.4 is 14.8 Å². The number of likely N-dealkylation sites (tertiary alicyclic amines) is 1. The summed E-state index contributed by atoms with van der Waals surface area (Å²) in [7, 11) is 0. The summed E-state index contributed by atoms with van der Waals surface area (Å²) >= 11 is 0. The van der Waals surface area contributed by atoms with E-state index in [2.05, 4.69) is 5.32 Å². The van der Waals surface area contributed by atoms with Gasteiger partial charge in [-0.15, -0.1) is 0 Å². The second-order valence-electron chi connectivity index (χ2n) is 7.34. The van der Waals surface area contributed by atoms with Gasteiger partial charge >= 0.3 is 0 Å². The zero-order valence-electron chi connectivity index (χ0n) is 15.9. The van der Waals surface area contributed by atoms with E-state index in [9.17, 15) is 9.59 Å². The van der Waals surface area contributed by atoms with Crippen molar-refractivity contribution in [1.82, 2.24) is 10.2 Å². The quantitative estimate of drug-likeness (QED) is 0.886. The molecule has 6 nitrogen and oxygen atoms in total. The summed E-state index contributed by atoms with van der Waals surface area (Å²) in [4.78, 5) is 27.0. The standard InChI is InChI=1S/C22H24N2O4/c1-15-3-2-4-18(11-15)22(26)24-9-7-17(8-10-24)21(25)23-13-16-5-6-19-20(12-16)28-14-27-19/h2-6,11-12,17H,7-10,13-14H2,1H3,(H,23,25). The number of hydrogen-bond acceptors (Lipinski definition) is 4. The zero-order chi connectivity index (χ0) is 19.5. The van der Waals surface area contributed by atoms with E-state index in [-0.39, 0.29) is 24.5 Å². The molecule has 146 valence electrons. The lowest BCUT2D eigenvalue weighted by Gasteiger charge is -2.31. The van der Waals surface area contributed by atoms with Crippen LogP contribution >= 0.6 is 0 Å². The van der Waals surface area contributed by atoms with E-state index in [4.69, 9.17) is 9.47 Å². The van der Waals surface area contributed by atoms with Crippen LogP contribution in [0.25, 0.3) is 0 Å². The summed E-state index contributed by atoms with van der Waals surface area (Å²) in [5.41, 5.74) is 2.76. The molecule has 0 aromatic heterocycles. The van der Waals surface area contributed by atoms with Crippen LogP contribution in [0.5, 0.6) is 11.5 Å².